The number of carbonyl (C=O) groups is 2. The first-order valence-corrected chi connectivity index (χ1v) is 8.70. The molecule has 0 aliphatic carbocycles. The minimum absolute atomic E-state index is 0.0195. The average Bonchev–Trinajstić information content (AvgIpc) is 2.51. The lowest BCUT2D eigenvalue weighted by atomic mass is 9.89. The highest BCUT2D eigenvalue weighted by atomic mass is 35.5. The fourth-order valence-electron chi connectivity index (χ4n) is 3.58. The summed E-state index contributed by atoms with van der Waals surface area (Å²) in [6.07, 6.45) is 2.74. The van der Waals surface area contributed by atoms with Gasteiger partial charge in [0.25, 0.3) is 0 Å². The van der Waals surface area contributed by atoms with Crippen molar-refractivity contribution in [3.63, 3.8) is 0 Å². The lowest BCUT2D eigenvalue weighted by Crippen LogP contribution is -2.55. The fourth-order valence-corrected chi connectivity index (χ4v) is 3.79. The highest BCUT2D eigenvalue weighted by Gasteiger charge is 2.36. The molecule has 2 fully saturated rings. The van der Waals surface area contributed by atoms with Crippen molar-refractivity contribution < 1.29 is 9.59 Å². The molecule has 0 aromatic heterocycles. The molecule has 0 saturated carbocycles. The molecular formula is C18H23ClN2O2. The van der Waals surface area contributed by atoms with Crippen LogP contribution in [-0.4, -0.2) is 47.8 Å². The number of carbonyl (C=O) groups excluding carboxylic acids is 2. The maximum absolute atomic E-state index is 12.6. The van der Waals surface area contributed by atoms with E-state index in [0.717, 1.165) is 49.5 Å². The third kappa shape index (κ3) is 3.69. The molecule has 2 saturated heterocycles. The van der Waals surface area contributed by atoms with E-state index in [9.17, 15) is 9.59 Å². The van der Waals surface area contributed by atoms with Gasteiger partial charge in [-0.05, 0) is 36.8 Å². The number of amides is 2. The number of rotatable bonds is 3. The summed E-state index contributed by atoms with van der Waals surface area (Å²) in [5.74, 6) is 0.759. The molecule has 0 N–H and O–H groups in total. The molecule has 2 aliphatic heterocycles. The zero-order valence-electron chi connectivity index (χ0n) is 13.5. The monoisotopic (exact) mass is 334 g/mol. The first-order valence-electron chi connectivity index (χ1n) is 8.32. The molecule has 0 bridgehead atoms. The maximum atomic E-state index is 12.6. The zero-order chi connectivity index (χ0) is 16.4. The summed E-state index contributed by atoms with van der Waals surface area (Å²) in [7, 11) is 0. The highest BCUT2D eigenvalue weighted by molar-refractivity contribution is 6.31. The van der Waals surface area contributed by atoms with Gasteiger partial charge in [0, 0.05) is 38.1 Å². The van der Waals surface area contributed by atoms with E-state index in [-0.39, 0.29) is 17.7 Å². The lowest BCUT2D eigenvalue weighted by Gasteiger charge is -2.43. The van der Waals surface area contributed by atoms with E-state index in [0.29, 0.717) is 12.5 Å². The van der Waals surface area contributed by atoms with Crippen molar-refractivity contribution in [3.8, 4) is 0 Å². The summed E-state index contributed by atoms with van der Waals surface area (Å²) in [5, 5.41) is 0.807. The average molecular weight is 335 g/mol. The van der Waals surface area contributed by atoms with E-state index in [1.807, 2.05) is 23.1 Å². The predicted molar refractivity (Wildman–Crippen MR) is 90.2 cm³/mol. The van der Waals surface area contributed by atoms with Crippen molar-refractivity contribution in [2.24, 2.45) is 11.8 Å². The van der Waals surface area contributed by atoms with E-state index in [4.69, 9.17) is 11.6 Å². The second kappa shape index (κ2) is 6.91. The van der Waals surface area contributed by atoms with Crippen LogP contribution in [0.5, 0.6) is 0 Å². The Morgan fingerprint density at radius 2 is 1.91 bits per heavy atom. The van der Waals surface area contributed by atoms with Crippen LogP contribution >= 0.6 is 11.6 Å². The number of likely N-dealkylation sites (tertiary alicyclic amines) is 2. The number of benzene rings is 1. The van der Waals surface area contributed by atoms with Gasteiger partial charge >= 0.3 is 0 Å². The van der Waals surface area contributed by atoms with Crippen LogP contribution in [0.25, 0.3) is 0 Å². The lowest BCUT2D eigenvalue weighted by molar-refractivity contribution is -0.145. The molecule has 1 atom stereocenters. The van der Waals surface area contributed by atoms with Crippen LogP contribution in [0.1, 0.15) is 25.3 Å². The largest absolute Gasteiger partial charge is 0.342 e. The van der Waals surface area contributed by atoms with E-state index in [1.54, 1.807) is 11.8 Å². The molecule has 23 heavy (non-hydrogen) atoms. The zero-order valence-corrected chi connectivity index (χ0v) is 14.3. The Bertz CT molecular complexity index is 598. The number of hydrogen-bond donors (Lipinski definition) is 0. The van der Waals surface area contributed by atoms with E-state index < -0.39 is 0 Å². The molecule has 124 valence electrons. The van der Waals surface area contributed by atoms with Crippen LogP contribution in [0.3, 0.4) is 0 Å². The molecular weight excluding hydrogens is 312 g/mol. The summed E-state index contributed by atoms with van der Waals surface area (Å²) in [5.41, 5.74) is 1.16. The van der Waals surface area contributed by atoms with Gasteiger partial charge in [0.2, 0.25) is 11.8 Å². The summed E-state index contributed by atoms with van der Waals surface area (Å²) in [6, 6.07) is 7.91. The summed E-state index contributed by atoms with van der Waals surface area (Å²) >= 11 is 6.20. The molecule has 1 aromatic rings. The molecule has 5 heteroatoms. The van der Waals surface area contributed by atoms with Gasteiger partial charge in [-0.1, -0.05) is 29.8 Å². The van der Waals surface area contributed by atoms with Crippen molar-refractivity contribution in [1.29, 1.82) is 0 Å². The fraction of sp³-hybridized carbons (Fsp3) is 0.556. The Kier molecular flexibility index (Phi) is 4.90. The van der Waals surface area contributed by atoms with Crippen LogP contribution in [0.15, 0.2) is 24.3 Å². The third-order valence-corrected chi connectivity index (χ3v) is 5.32. The Hall–Kier alpha value is -1.55. The number of halogens is 1. The van der Waals surface area contributed by atoms with Gasteiger partial charge in [-0.2, -0.15) is 0 Å². The van der Waals surface area contributed by atoms with Crippen molar-refractivity contribution >= 4 is 23.4 Å². The molecule has 0 spiro atoms. The molecule has 0 radical (unpaired) electrons. The highest BCUT2D eigenvalue weighted by Crippen LogP contribution is 2.27. The van der Waals surface area contributed by atoms with Gasteiger partial charge in [0.15, 0.2) is 0 Å². The second-order valence-electron chi connectivity index (χ2n) is 6.71. The van der Waals surface area contributed by atoms with Gasteiger partial charge in [0.1, 0.15) is 0 Å². The SMILES string of the molecule is CC(=O)N1CCCC(C(=O)N2CC(Cc3ccccc3Cl)C2)C1. The van der Waals surface area contributed by atoms with Gasteiger partial charge in [-0.25, -0.2) is 0 Å². The Morgan fingerprint density at radius 3 is 2.61 bits per heavy atom. The summed E-state index contributed by atoms with van der Waals surface area (Å²) in [6.45, 7) is 4.56. The summed E-state index contributed by atoms with van der Waals surface area (Å²) < 4.78 is 0. The van der Waals surface area contributed by atoms with Gasteiger partial charge in [-0.15, -0.1) is 0 Å². The van der Waals surface area contributed by atoms with Crippen LogP contribution in [0.4, 0.5) is 0 Å². The van der Waals surface area contributed by atoms with Crippen molar-refractivity contribution in [2.75, 3.05) is 26.2 Å². The maximum Gasteiger partial charge on any atom is 0.227 e. The van der Waals surface area contributed by atoms with Crippen molar-refractivity contribution in [1.82, 2.24) is 9.80 Å². The smallest absolute Gasteiger partial charge is 0.227 e. The van der Waals surface area contributed by atoms with E-state index in [1.165, 1.54) is 0 Å². The number of piperidine rings is 1. The third-order valence-electron chi connectivity index (χ3n) is 4.95. The first-order chi connectivity index (χ1) is 11.0. The molecule has 1 aromatic carbocycles. The minimum Gasteiger partial charge on any atom is -0.342 e. The molecule has 2 heterocycles. The summed E-state index contributed by atoms with van der Waals surface area (Å²) in [4.78, 5) is 27.8. The van der Waals surface area contributed by atoms with Crippen molar-refractivity contribution in [3.05, 3.63) is 34.9 Å². The Balaban J connectivity index is 1.50. The van der Waals surface area contributed by atoms with Gasteiger partial charge < -0.3 is 9.80 Å². The van der Waals surface area contributed by atoms with E-state index in [2.05, 4.69) is 6.07 Å². The quantitative estimate of drug-likeness (QED) is 0.852. The predicted octanol–water partition coefficient (Wildman–Crippen LogP) is 2.60. The van der Waals surface area contributed by atoms with Crippen LogP contribution < -0.4 is 0 Å². The van der Waals surface area contributed by atoms with Crippen LogP contribution in [-0.2, 0) is 16.0 Å². The second-order valence-corrected chi connectivity index (χ2v) is 7.12. The van der Waals surface area contributed by atoms with E-state index >= 15 is 0 Å². The normalized spacial score (nSPS) is 21.9. The first kappa shape index (κ1) is 16.3. The standard InChI is InChI=1S/C18H23ClN2O2/c1-13(22)20-8-4-6-16(12-20)18(23)21-10-14(11-21)9-15-5-2-3-7-17(15)19/h2-3,5,7,14,16H,4,6,8-12H2,1H3. The molecule has 4 nitrogen and oxygen atoms in total. The Labute approximate surface area is 142 Å². The number of nitrogens with zero attached hydrogens (tertiary/aromatic N) is 2. The van der Waals surface area contributed by atoms with Crippen molar-refractivity contribution in [2.45, 2.75) is 26.2 Å². The molecule has 1 unspecified atom stereocenters. The van der Waals surface area contributed by atoms with Gasteiger partial charge in [-0.3, -0.25) is 9.59 Å². The topological polar surface area (TPSA) is 40.6 Å². The van der Waals surface area contributed by atoms with Crippen LogP contribution in [0, 0.1) is 11.8 Å². The molecule has 3 rings (SSSR count). The van der Waals surface area contributed by atoms with Crippen LogP contribution in [0.2, 0.25) is 5.02 Å². The van der Waals surface area contributed by atoms with Gasteiger partial charge in [0.05, 0.1) is 5.92 Å². The molecule has 2 aliphatic rings. The number of hydrogen-bond acceptors (Lipinski definition) is 2. The Morgan fingerprint density at radius 1 is 1.17 bits per heavy atom. The minimum atomic E-state index is -0.0195. The molecule has 2 amide bonds.